The number of hydrogen-bond acceptors (Lipinski definition) is 2. The van der Waals surface area contributed by atoms with E-state index in [-0.39, 0.29) is 17.7 Å². The second kappa shape index (κ2) is 8.91. The molecule has 0 bridgehead atoms. The summed E-state index contributed by atoms with van der Waals surface area (Å²) in [5.41, 5.74) is 0.865. The SMILES string of the molecule is CC1COC(CCc2cc(F)c(C#Cc3ccc4cc(F)ccc4c3)c(F)c2)OC1. The third-order valence-electron chi connectivity index (χ3n) is 5.04. The van der Waals surface area contributed by atoms with Gasteiger partial charge in [-0.1, -0.05) is 30.9 Å². The van der Waals surface area contributed by atoms with Gasteiger partial charge in [0.1, 0.15) is 17.5 Å². The molecule has 0 spiro atoms. The van der Waals surface area contributed by atoms with Crippen LogP contribution in [0.1, 0.15) is 30.0 Å². The molecule has 0 atom stereocenters. The molecule has 30 heavy (non-hydrogen) atoms. The molecule has 3 aromatic rings. The van der Waals surface area contributed by atoms with Gasteiger partial charge in [0.05, 0.1) is 18.8 Å². The van der Waals surface area contributed by atoms with E-state index in [9.17, 15) is 13.2 Å². The largest absolute Gasteiger partial charge is 0.352 e. The molecular formula is C25H21F3O2. The van der Waals surface area contributed by atoms with Gasteiger partial charge >= 0.3 is 0 Å². The number of aryl methyl sites for hydroxylation is 1. The van der Waals surface area contributed by atoms with Gasteiger partial charge in [0.15, 0.2) is 6.29 Å². The molecule has 1 aliphatic heterocycles. The molecule has 1 fully saturated rings. The second-order valence-corrected chi connectivity index (χ2v) is 7.63. The molecule has 0 amide bonds. The zero-order valence-corrected chi connectivity index (χ0v) is 16.6. The van der Waals surface area contributed by atoms with E-state index in [0.29, 0.717) is 43.1 Å². The maximum absolute atomic E-state index is 14.5. The van der Waals surface area contributed by atoms with E-state index in [2.05, 4.69) is 11.8 Å². The molecule has 4 rings (SSSR count). The lowest BCUT2D eigenvalue weighted by atomic mass is 10.0. The van der Waals surface area contributed by atoms with Crippen LogP contribution in [-0.4, -0.2) is 19.5 Å². The lowest BCUT2D eigenvalue weighted by Gasteiger charge is -2.27. The highest BCUT2D eigenvalue weighted by atomic mass is 19.1. The Morgan fingerprint density at radius 3 is 2.27 bits per heavy atom. The standard InChI is InChI=1S/C25H21F3O2/c1-16-14-29-25(30-15-16)9-4-18-11-23(27)22(24(28)12-18)8-3-17-2-5-20-13-21(26)7-6-19(20)10-17/h2,5-7,10-13,16,25H,4,9,14-15H2,1H3. The monoisotopic (exact) mass is 410 g/mol. The molecule has 0 aromatic heterocycles. The lowest BCUT2D eigenvalue weighted by molar-refractivity contribution is -0.199. The summed E-state index contributed by atoms with van der Waals surface area (Å²) in [5, 5.41) is 1.55. The smallest absolute Gasteiger partial charge is 0.157 e. The molecule has 3 aromatic carbocycles. The van der Waals surface area contributed by atoms with E-state index in [1.54, 1.807) is 24.3 Å². The van der Waals surface area contributed by atoms with Gasteiger partial charge in [0.2, 0.25) is 0 Å². The van der Waals surface area contributed by atoms with Crippen LogP contribution < -0.4 is 0 Å². The number of halogens is 3. The molecule has 0 radical (unpaired) electrons. The first kappa shape index (κ1) is 20.5. The van der Waals surface area contributed by atoms with Crippen molar-refractivity contribution in [2.75, 3.05) is 13.2 Å². The van der Waals surface area contributed by atoms with Gasteiger partial charge in [-0.05, 0) is 59.2 Å². The highest BCUT2D eigenvalue weighted by Crippen LogP contribution is 2.20. The van der Waals surface area contributed by atoms with Crippen LogP contribution in [0.5, 0.6) is 0 Å². The number of benzene rings is 3. The van der Waals surface area contributed by atoms with Crippen LogP contribution in [-0.2, 0) is 15.9 Å². The highest BCUT2D eigenvalue weighted by molar-refractivity contribution is 5.84. The number of fused-ring (bicyclic) bond motifs is 1. The van der Waals surface area contributed by atoms with Gasteiger partial charge in [0, 0.05) is 17.9 Å². The summed E-state index contributed by atoms with van der Waals surface area (Å²) in [6, 6.07) is 12.2. The van der Waals surface area contributed by atoms with Crippen molar-refractivity contribution in [2.45, 2.75) is 26.1 Å². The van der Waals surface area contributed by atoms with Gasteiger partial charge in [-0.15, -0.1) is 0 Å². The molecular weight excluding hydrogens is 389 g/mol. The maximum atomic E-state index is 14.5. The van der Waals surface area contributed by atoms with Crippen molar-refractivity contribution in [3.8, 4) is 11.8 Å². The summed E-state index contributed by atoms with van der Waals surface area (Å²) in [6.45, 7) is 3.30. The fraction of sp³-hybridized carbons (Fsp3) is 0.280. The minimum Gasteiger partial charge on any atom is -0.352 e. The first-order valence-corrected chi connectivity index (χ1v) is 9.90. The second-order valence-electron chi connectivity index (χ2n) is 7.63. The maximum Gasteiger partial charge on any atom is 0.157 e. The summed E-state index contributed by atoms with van der Waals surface area (Å²) >= 11 is 0. The van der Waals surface area contributed by atoms with Crippen molar-refractivity contribution in [2.24, 2.45) is 5.92 Å². The zero-order chi connectivity index (χ0) is 21.1. The zero-order valence-electron chi connectivity index (χ0n) is 16.6. The van der Waals surface area contributed by atoms with Crippen LogP contribution in [0.3, 0.4) is 0 Å². The van der Waals surface area contributed by atoms with Crippen molar-refractivity contribution in [3.63, 3.8) is 0 Å². The molecule has 5 heteroatoms. The van der Waals surface area contributed by atoms with Crippen LogP contribution >= 0.6 is 0 Å². The van der Waals surface area contributed by atoms with Gasteiger partial charge in [-0.3, -0.25) is 0 Å². The average molecular weight is 410 g/mol. The lowest BCUT2D eigenvalue weighted by Crippen LogP contribution is -2.30. The van der Waals surface area contributed by atoms with E-state index in [1.165, 1.54) is 24.3 Å². The number of rotatable bonds is 3. The Morgan fingerprint density at radius 2 is 1.53 bits per heavy atom. The predicted molar refractivity (Wildman–Crippen MR) is 109 cm³/mol. The van der Waals surface area contributed by atoms with Gasteiger partial charge < -0.3 is 9.47 Å². The van der Waals surface area contributed by atoms with Crippen molar-refractivity contribution < 1.29 is 22.6 Å². The average Bonchev–Trinajstić information content (AvgIpc) is 2.73. The molecule has 1 saturated heterocycles. The fourth-order valence-corrected chi connectivity index (χ4v) is 3.41. The Balaban J connectivity index is 1.48. The van der Waals surface area contributed by atoms with E-state index in [1.807, 2.05) is 6.92 Å². The molecule has 1 aliphatic rings. The Morgan fingerprint density at radius 1 is 0.867 bits per heavy atom. The first-order chi connectivity index (χ1) is 14.5. The van der Waals surface area contributed by atoms with Gasteiger partial charge in [-0.25, -0.2) is 13.2 Å². The summed E-state index contributed by atoms with van der Waals surface area (Å²) in [6.07, 6.45) is 0.643. The molecule has 1 heterocycles. The summed E-state index contributed by atoms with van der Waals surface area (Å²) in [5.74, 6) is 4.03. The number of ether oxygens (including phenoxy) is 2. The van der Waals surface area contributed by atoms with Gasteiger partial charge in [-0.2, -0.15) is 0 Å². The van der Waals surface area contributed by atoms with E-state index >= 15 is 0 Å². The topological polar surface area (TPSA) is 18.5 Å². The van der Waals surface area contributed by atoms with Crippen molar-refractivity contribution in [1.29, 1.82) is 0 Å². The van der Waals surface area contributed by atoms with Crippen LogP contribution in [0.25, 0.3) is 10.8 Å². The predicted octanol–water partition coefficient (Wildman–Crippen LogP) is 5.60. The Hall–Kier alpha value is -2.81. The third-order valence-corrected chi connectivity index (χ3v) is 5.04. The minimum absolute atomic E-state index is 0.267. The molecule has 0 unspecified atom stereocenters. The summed E-state index contributed by atoms with van der Waals surface area (Å²) in [7, 11) is 0. The van der Waals surface area contributed by atoms with Crippen LogP contribution in [0.2, 0.25) is 0 Å². The number of hydrogen-bond donors (Lipinski definition) is 0. The highest BCUT2D eigenvalue weighted by Gasteiger charge is 2.19. The molecule has 0 aliphatic carbocycles. The van der Waals surface area contributed by atoms with Crippen molar-refractivity contribution >= 4 is 10.8 Å². The Bertz CT molecular complexity index is 1100. The molecule has 0 saturated carbocycles. The van der Waals surface area contributed by atoms with Crippen LogP contribution in [0, 0.1) is 35.2 Å². The molecule has 154 valence electrons. The first-order valence-electron chi connectivity index (χ1n) is 9.90. The molecule has 0 N–H and O–H groups in total. The Labute approximate surface area is 173 Å². The normalized spacial score (nSPS) is 18.8. The fourth-order valence-electron chi connectivity index (χ4n) is 3.41. The minimum atomic E-state index is -0.695. The van der Waals surface area contributed by atoms with E-state index in [0.717, 1.165) is 10.8 Å². The summed E-state index contributed by atoms with van der Waals surface area (Å²) < 4.78 is 53.4. The summed E-state index contributed by atoms with van der Waals surface area (Å²) in [4.78, 5) is 0. The van der Waals surface area contributed by atoms with Crippen LogP contribution in [0.15, 0.2) is 48.5 Å². The van der Waals surface area contributed by atoms with Crippen molar-refractivity contribution in [1.82, 2.24) is 0 Å². The van der Waals surface area contributed by atoms with E-state index in [4.69, 9.17) is 9.47 Å². The van der Waals surface area contributed by atoms with Crippen molar-refractivity contribution in [3.05, 3.63) is 82.7 Å². The van der Waals surface area contributed by atoms with Gasteiger partial charge in [0.25, 0.3) is 0 Å². The third kappa shape index (κ3) is 4.84. The quantitative estimate of drug-likeness (QED) is 0.524. The molecule has 2 nitrogen and oxygen atoms in total. The Kier molecular flexibility index (Phi) is 6.08. The van der Waals surface area contributed by atoms with Crippen LogP contribution in [0.4, 0.5) is 13.2 Å². The van der Waals surface area contributed by atoms with E-state index < -0.39 is 11.6 Å².